The largest absolute Gasteiger partial charge is 0.481 e. The summed E-state index contributed by atoms with van der Waals surface area (Å²) < 4.78 is 0. The van der Waals surface area contributed by atoms with Crippen molar-refractivity contribution >= 4 is 11.8 Å². The normalized spacial score (nSPS) is 24.7. The van der Waals surface area contributed by atoms with E-state index in [4.69, 9.17) is 5.11 Å². The maximum atomic E-state index is 11.0. The molecule has 5 nitrogen and oxygen atoms in total. The molecule has 1 saturated heterocycles. The second kappa shape index (κ2) is 4.69. The fraction of sp³-hybridized carbons (Fsp3) is 0.583. The summed E-state index contributed by atoms with van der Waals surface area (Å²) in [6, 6.07) is 2.15. The SMILES string of the molecule is Cc1cc(N2CCC(C(=O)O)CC2C)ncn1. The molecule has 0 saturated carbocycles. The number of anilines is 1. The van der Waals surface area contributed by atoms with Crippen molar-refractivity contribution < 1.29 is 9.90 Å². The van der Waals surface area contributed by atoms with Crippen LogP contribution in [0.3, 0.4) is 0 Å². The Kier molecular flexibility index (Phi) is 3.26. The van der Waals surface area contributed by atoms with Gasteiger partial charge in [0, 0.05) is 24.3 Å². The maximum Gasteiger partial charge on any atom is 0.306 e. The van der Waals surface area contributed by atoms with Crippen LogP contribution in [0.2, 0.25) is 0 Å². The fourth-order valence-corrected chi connectivity index (χ4v) is 2.33. The highest BCUT2D eigenvalue weighted by atomic mass is 16.4. The van der Waals surface area contributed by atoms with Gasteiger partial charge >= 0.3 is 5.97 Å². The van der Waals surface area contributed by atoms with Crippen molar-refractivity contribution in [3.8, 4) is 0 Å². The van der Waals surface area contributed by atoms with Gasteiger partial charge in [0.2, 0.25) is 0 Å². The van der Waals surface area contributed by atoms with Gasteiger partial charge in [0.05, 0.1) is 5.92 Å². The predicted octanol–water partition coefficient (Wildman–Crippen LogP) is 1.47. The minimum Gasteiger partial charge on any atom is -0.481 e. The van der Waals surface area contributed by atoms with Gasteiger partial charge in [0.15, 0.2) is 0 Å². The number of carboxylic acid groups (broad SMARTS) is 1. The number of piperidine rings is 1. The zero-order valence-electron chi connectivity index (χ0n) is 10.1. The van der Waals surface area contributed by atoms with Crippen molar-refractivity contribution in [3.05, 3.63) is 18.1 Å². The molecule has 0 radical (unpaired) electrons. The van der Waals surface area contributed by atoms with Crippen LogP contribution in [0, 0.1) is 12.8 Å². The summed E-state index contributed by atoms with van der Waals surface area (Å²) in [4.78, 5) is 21.4. The van der Waals surface area contributed by atoms with E-state index < -0.39 is 5.97 Å². The number of hydrogen-bond donors (Lipinski definition) is 1. The van der Waals surface area contributed by atoms with Crippen LogP contribution in [0.25, 0.3) is 0 Å². The molecule has 17 heavy (non-hydrogen) atoms. The van der Waals surface area contributed by atoms with Gasteiger partial charge in [-0.25, -0.2) is 9.97 Å². The van der Waals surface area contributed by atoms with E-state index in [-0.39, 0.29) is 12.0 Å². The molecule has 1 aliphatic rings. The number of nitrogens with zero attached hydrogens (tertiary/aromatic N) is 3. The van der Waals surface area contributed by atoms with E-state index in [1.54, 1.807) is 6.33 Å². The van der Waals surface area contributed by atoms with E-state index in [2.05, 4.69) is 14.9 Å². The monoisotopic (exact) mass is 235 g/mol. The Bertz CT molecular complexity index is 422. The lowest BCUT2D eigenvalue weighted by molar-refractivity contribution is -0.142. The Hall–Kier alpha value is -1.65. The molecule has 1 aromatic rings. The van der Waals surface area contributed by atoms with Crippen LogP contribution < -0.4 is 4.90 Å². The first-order chi connectivity index (χ1) is 8.08. The average molecular weight is 235 g/mol. The molecule has 0 spiro atoms. The third-order valence-electron chi connectivity index (χ3n) is 3.31. The molecule has 1 aliphatic heterocycles. The molecule has 92 valence electrons. The van der Waals surface area contributed by atoms with E-state index in [0.29, 0.717) is 12.8 Å². The second-order valence-electron chi connectivity index (χ2n) is 4.62. The van der Waals surface area contributed by atoms with E-state index in [9.17, 15) is 4.79 Å². The first-order valence-corrected chi connectivity index (χ1v) is 5.86. The number of aromatic nitrogens is 2. The van der Waals surface area contributed by atoms with Crippen molar-refractivity contribution in [2.45, 2.75) is 32.7 Å². The molecule has 5 heteroatoms. The lowest BCUT2D eigenvalue weighted by Gasteiger charge is -2.37. The summed E-state index contributed by atoms with van der Waals surface area (Å²) in [5.74, 6) is -0.00612. The molecule has 0 bridgehead atoms. The third-order valence-corrected chi connectivity index (χ3v) is 3.31. The summed E-state index contributed by atoms with van der Waals surface area (Å²) in [6.45, 7) is 4.72. The topological polar surface area (TPSA) is 66.3 Å². The van der Waals surface area contributed by atoms with Gasteiger partial charge in [-0.2, -0.15) is 0 Å². The van der Waals surface area contributed by atoms with Crippen LogP contribution in [-0.4, -0.2) is 33.6 Å². The molecule has 1 aromatic heterocycles. The molecule has 0 aliphatic carbocycles. The number of aryl methyl sites for hydroxylation is 1. The van der Waals surface area contributed by atoms with E-state index in [1.165, 1.54) is 0 Å². The van der Waals surface area contributed by atoms with E-state index in [0.717, 1.165) is 18.1 Å². The summed E-state index contributed by atoms with van der Waals surface area (Å²) in [5, 5.41) is 9.01. The summed E-state index contributed by atoms with van der Waals surface area (Å²) >= 11 is 0. The van der Waals surface area contributed by atoms with E-state index >= 15 is 0 Å². The molecule has 2 rings (SSSR count). The standard InChI is InChI=1S/C12H17N3O2/c1-8-5-11(14-7-13-8)15-4-3-10(12(16)17)6-9(15)2/h5,7,9-10H,3-4,6H2,1-2H3,(H,16,17). The Balaban J connectivity index is 2.12. The van der Waals surface area contributed by atoms with Crippen molar-refractivity contribution in [2.75, 3.05) is 11.4 Å². The highest BCUT2D eigenvalue weighted by Gasteiger charge is 2.30. The number of carbonyl (C=O) groups is 1. The van der Waals surface area contributed by atoms with Crippen molar-refractivity contribution in [3.63, 3.8) is 0 Å². The Morgan fingerprint density at radius 1 is 1.53 bits per heavy atom. The Morgan fingerprint density at radius 2 is 2.29 bits per heavy atom. The summed E-state index contributed by atoms with van der Waals surface area (Å²) in [6.07, 6.45) is 2.92. The first kappa shape index (κ1) is 11.8. The van der Waals surface area contributed by atoms with Gasteiger partial charge in [-0.05, 0) is 26.7 Å². The molecule has 1 fully saturated rings. The third kappa shape index (κ3) is 2.54. The average Bonchev–Trinajstić information content (AvgIpc) is 2.28. The zero-order chi connectivity index (χ0) is 12.4. The Labute approximate surface area is 100 Å². The molecule has 0 amide bonds. The number of carboxylic acids is 1. The number of hydrogen-bond acceptors (Lipinski definition) is 4. The number of rotatable bonds is 2. The lowest BCUT2D eigenvalue weighted by Crippen LogP contribution is -2.43. The zero-order valence-corrected chi connectivity index (χ0v) is 10.1. The Morgan fingerprint density at radius 3 is 2.88 bits per heavy atom. The summed E-state index contributed by atoms with van der Waals surface area (Å²) in [5.41, 5.74) is 0.933. The minimum absolute atomic E-state index is 0.208. The molecular weight excluding hydrogens is 218 g/mol. The molecule has 1 N–H and O–H groups in total. The molecule has 2 heterocycles. The van der Waals surface area contributed by atoms with Crippen molar-refractivity contribution in [1.82, 2.24) is 9.97 Å². The van der Waals surface area contributed by atoms with Crippen LogP contribution in [0.4, 0.5) is 5.82 Å². The quantitative estimate of drug-likeness (QED) is 0.841. The maximum absolute atomic E-state index is 11.0. The first-order valence-electron chi connectivity index (χ1n) is 5.86. The second-order valence-corrected chi connectivity index (χ2v) is 4.62. The summed E-state index contributed by atoms with van der Waals surface area (Å²) in [7, 11) is 0. The van der Waals surface area contributed by atoms with Gasteiger partial charge < -0.3 is 10.0 Å². The fourth-order valence-electron chi connectivity index (χ4n) is 2.33. The van der Waals surface area contributed by atoms with E-state index in [1.807, 2.05) is 19.9 Å². The van der Waals surface area contributed by atoms with Gasteiger partial charge in [-0.15, -0.1) is 0 Å². The number of aliphatic carboxylic acids is 1. The van der Waals surface area contributed by atoms with Crippen LogP contribution >= 0.6 is 0 Å². The highest BCUT2D eigenvalue weighted by molar-refractivity contribution is 5.70. The predicted molar refractivity (Wildman–Crippen MR) is 63.9 cm³/mol. The van der Waals surface area contributed by atoms with Gasteiger partial charge in [-0.3, -0.25) is 4.79 Å². The van der Waals surface area contributed by atoms with Gasteiger partial charge in [0.25, 0.3) is 0 Å². The highest BCUT2D eigenvalue weighted by Crippen LogP contribution is 2.26. The molecule has 0 aromatic carbocycles. The van der Waals surface area contributed by atoms with Crippen molar-refractivity contribution in [1.29, 1.82) is 0 Å². The molecule has 2 atom stereocenters. The van der Waals surface area contributed by atoms with Gasteiger partial charge in [0.1, 0.15) is 12.1 Å². The van der Waals surface area contributed by atoms with Crippen LogP contribution in [0.15, 0.2) is 12.4 Å². The van der Waals surface area contributed by atoms with Crippen LogP contribution in [0.5, 0.6) is 0 Å². The smallest absolute Gasteiger partial charge is 0.306 e. The van der Waals surface area contributed by atoms with Crippen LogP contribution in [-0.2, 0) is 4.79 Å². The van der Waals surface area contributed by atoms with Crippen LogP contribution in [0.1, 0.15) is 25.5 Å². The molecule has 2 unspecified atom stereocenters. The minimum atomic E-state index is -0.685. The van der Waals surface area contributed by atoms with Gasteiger partial charge in [-0.1, -0.05) is 0 Å². The lowest BCUT2D eigenvalue weighted by atomic mass is 9.92. The van der Waals surface area contributed by atoms with Crippen molar-refractivity contribution in [2.24, 2.45) is 5.92 Å². The molecular formula is C12H17N3O2.